The van der Waals surface area contributed by atoms with Crippen molar-refractivity contribution in [1.82, 2.24) is 19.9 Å². The van der Waals surface area contributed by atoms with E-state index in [4.69, 9.17) is 24.2 Å². The Balaban J connectivity index is 1.21. The number of rotatable bonds is 9. The first-order valence-electron chi connectivity index (χ1n) is 19.5. The van der Waals surface area contributed by atoms with Crippen molar-refractivity contribution in [3.8, 4) is 23.0 Å². The number of phenols is 1. The van der Waals surface area contributed by atoms with Crippen LogP contribution in [0.15, 0.2) is 30.5 Å². The molecule has 1 aliphatic carbocycles. The Labute approximate surface area is 314 Å². The van der Waals surface area contributed by atoms with Gasteiger partial charge < -0.3 is 34.4 Å². The molecule has 5 heterocycles. The van der Waals surface area contributed by atoms with Crippen LogP contribution < -0.4 is 9.64 Å². The summed E-state index contributed by atoms with van der Waals surface area (Å²) in [5, 5.41) is 33.4. The lowest BCUT2D eigenvalue weighted by molar-refractivity contribution is -0.0528. The molecule has 13 heteroatoms. The molecule has 0 amide bonds. The van der Waals surface area contributed by atoms with Gasteiger partial charge in [-0.3, -0.25) is 9.88 Å². The van der Waals surface area contributed by atoms with Crippen molar-refractivity contribution in [2.75, 3.05) is 64.1 Å². The zero-order chi connectivity index (χ0) is 37.6. The minimum atomic E-state index is -1.30. The minimum Gasteiger partial charge on any atom is -0.508 e. The molecule has 0 bridgehead atoms. The van der Waals surface area contributed by atoms with Crippen molar-refractivity contribution in [2.45, 2.75) is 83.0 Å². The summed E-state index contributed by atoms with van der Waals surface area (Å²) >= 11 is 0. The molecule has 1 saturated carbocycles. The summed E-state index contributed by atoms with van der Waals surface area (Å²) in [6, 6.07) is 6.22. The summed E-state index contributed by atoms with van der Waals surface area (Å²) < 4.78 is 50.4. The Bertz CT molecular complexity index is 2010. The topological polar surface area (TPSA) is 134 Å². The number of aromatic nitrogens is 3. The molecule has 0 radical (unpaired) electrons. The molecule has 3 saturated heterocycles. The Morgan fingerprint density at radius 1 is 1.07 bits per heavy atom. The van der Waals surface area contributed by atoms with Gasteiger partial charge in [-0.05, 0) is 98.9 Å². The highest BCUT2D eigenvalue weighted by Crippen LogP contribution is 2.48. The average Bonchev–Trinajstić information content (AvgIpc) is 3.53. The lowest BCUT2D eigenvalue weighted by Gasteiger charge is -2.47. The van der Waals surface area contributed by atoms with Crippen LogP contribution in [0.5, 0.6) is 11.8 Å². The van der Waals surface area contributed by atoms with Crippen molar-refractivity contribution in [3.05, 3.63) is 47.7 Å². The Morgan fingerprint density at radius 2 is 1.89 bits per heavy atom. The van der Waals surface area contributed by atoms with Crippen molar-refractivity contribution in [1.29, 1.82) is 0 Å². The van der Waals surface area contributed by atoms with Crippen LogP contribution in [0.25, 0.3) is 32.9 Å². The van der Waals surface area contributed by atoms with Crippen molar-refractivity contribution in [3.63, 3.8) is 0 Å². The third-order valence-electron chi connectivity index (χ3n) is 12.2. The molecule has 3 N–H and O–H groups in total. The van der Waals surface area contributed by atoms with E-state index in [-0.39, 0.29) is 65.6 Å². The molecule has 3 aliphatic heterocycles. The zero-order valence-electron chi connectivity index (χ0n) is 31.2. The number of halogens is 2. The number of anilines is 1. The number of hydrogen-bond donors (Lipinski definition) is 3. The van der Waals surface area contributed by atoms with Gasteiger partial charge >= 0.3 is 6.01 Å². The highest BCUT2D eigenvalue weighted by molar-refractivity contribution is 6.01. The number of phenolic OH excluding ortho intramolecular Hbond substituents is 1. The highest BCUT2D eigenvalue weighted by atomic mass is 19.1. The number of pyridine rings is 1. The molecule has 4 aromatic rings. The van der Waals surface area contributed by atoms with E-state index >= 15 is 8.78 Å². The summed E-state index contributed by atoms with van der Waals surface area (Å²) in [7, 11) is 0. The van der Waals surface area contributed by atoms with E-state index in [1.54, 1.807) is 17.9 Å². The first-order chi connectivity index (χ1) is 26.1. The van der Waals surface area contributed by atoms with E-state index in [1.807, 2.05) is 6.92 Å². The molecular weight excluding hydrogens is 696 g/mol. The van der Waals surface area contributed by atoms with Gasteiger partial charge in [0, 0.05) is 49.5 Å². The fourth-order valence-electron chi connectivity index (χ4n) is 9.64. The number of benzene rings is 2. The van der Waals surface area contributed by atoms with E-state index in [0.717, 1.165) is 71.2 Å². The minimum absolute atomic E-state index is 0.00143. The summed E-state index contributed by atoms with van der Waals surface area (Å²) in [5.74, 6) is -0.382. The quantitative estimate of drug-likeness (QED) is 0.193. The maximum Gasteiger partial charge on any atom is 0.319 e. The number of β-amino-alcohol motifs (C(OH)–C–C–N with tert-alkyl or cyclic N) is 1. The number of aliphatic hydroxyl groups excluding tert-OH is 1. The number of aliphatic hydroxyl groups is 2. The third kappa shape index (κ3) is 7.09. The molecule has 8 rings (SSSR count). The molecule has 4 aliphatic rings. The number of fused-ring (bicyclic) bond motifs is 3. The number of aromatic hydroxyl groups is 1. The lowest BCUT2D eigenvalue weighted by Crippen LogP contribution is -2.53. The molecule has 4 fully saturated rings. The summed E-state index contributed by atoms with van der Waals surface area (Å²) in [5.41, 5.74) is -0.907. The van der Waals surface area contributed by atoms with Gasteiger partial charge in [-0.25, -0.2) is 8.78 Å². The van der Waals surface area contributed by atoms with Crippen LogP contribution >= 0.6 is 0 Å². The van der Waals surface area contributed by atoms with Gasteiger partial charge in [0.15, 0.2) is 5.82 Å². The molecular formula is C41H51F2N5O6. The normalized spacial score (nSPS) is 27.0. The second kappa shape index (κ2) is 15.1. The van der Waals surface area contributed by atoms with Crippen molar-refractivity contribution >= 4 is 27.5 Å². The van der Waals surface area contributed by atoms with E-state index < -0.39 is 23.3 Å². The number of aryl methyl sites for hydroxylation is 1. The molecule has 0 spiro atoms. The fraction of sp³-hybridized carbons (Fsp3) is 0.585. The van der Waals surface area contributed by atoms with E-state index in [1.165, 1.54) is 24.4 Å². The maximum absolute atomic E-state index is 17.2. The summed E-state index contributed by atoms with van der Waals surface area (Å²) in [6.07, 6.45) is 8.68. The predicted molar refractivity (Wildman–Crippen MR) is 201 cm³/mol. The first kappa shape index (κ1) is 37.2. The van der Waals surface area contributed by atoms with Gasteiger partial charge in [0.1, 0.15) is 34.2 Å². The molecule has 4 atom stereocenters. The second-order valence-corrected chi connectivity index (χ2v) is 16.2. The smallest absolute Gasteiger partial charge is 0.319 e. The van der Waals surface area contributed by atoms with Crippen LogP contribution in [0, 0.1) is 23.0 Å². The van der Waals surface area contributed by atoms with Crippen LogP contribution in [0.4, 0.5) is 14.6 Å². The van der Waals surface area contributed by atoms with Gasteiger partial charge in [0.2, 0.25) is 0 Å². The molecule has 54 heavy (non-hydrogen) atoms. The molecule has 290 valence electrons. The van der Waals surface area contributed by atoms with E-state index in [0.29, 0.717) is 47.1 Å². The van der Waals surface area contributed by atoms with Gasteiger partial charge in [-0.1, -0.05) is 19.4 Å². The number of ether oxygens (including phenoxy) is 3. The molecule has 0 unspecified atom stereocenters. The monoisotopic (exact) mass is 747 g/mol. The molecule has 2 aromatic heterocycles. The van der Waals surface area contributed by atoms with Crippen LogP contribution in [0.1, 0.15) is 64.4 Å². The number of hydrogen-bond acceptors (Lipinski definition) is 11. The largest absolute Gasteiger partial charge is 0.508 e. The maximum atomic E-state index is 17.2. The lowest BCUT2D eigenvalue weighted by atomic mass is 9.75. The zero-order valence-corrected chi connectivity index (χ0v) is 31.2. The van der Waals surface area contributed by atoms with Gasteiger partial charge in [-0.15, -0.1) is 0 Å². The van der Waals surface area contributed by atoms with Crippen LogP contribution in [0.3, 0.4) is 0 Å². The fourth-order valence-corrected chi connectivity index (χ4v) is 9.64. The summed E-state index contributed by atoms with van der Waals surface area (Å²) in [4.78, 5) is 18.6. The summed E-state index contributed by atoms with van der Waals surface area (Å²) in [6.45, 7) is 7.58. The van der Waals surface area contributed by atoms with Gasteiger partial charge in [0.05, 0.1) is 37.9 Å². The van der Waals surface area contributed by atoms with Gasteiger partial charge in [0.25, 0.3) is 0 Å². The SMILES string of the molecule is CCc1c(F)ccc2cc(O)cc(-c3ncc4c(N5C[C@H](CO)OC[C@@](C)(O)C5)nc(OC[C@]56CCC[C@H]5N(CC5CCOCC5)CCC6)nc4c3F)c12. The molecule has 11 nitrogen and oxygen atoms in total. The number of piperidine rings is 1. The first-order valence-corrected chi connectivity index (χ1v) is 19.5. The van der Waals surface area contributed by atoms with Crippen molar-refractivity contribution in [2.24, 2.45) is 11.3 Å². The second-order valence-electron chi connectivity index (χ2n) is 16.2. The predicted octanol–water partition coefficient (Wildman–Crippen LogP) is 5.78. The average molecular weight is 748 g/mol. The Kier molecular flexibility index (Phi) is 10.4. The van der Waals surface area contributed by atoms with E-state index in [9.17, 15) is 15.3 Å². The van der Waals surface area contributed by atoms with Crippen LogP contribution in [-0.2, 0) is 15.9 Å². The highest BCUT2D eigenvalue weighted by Gasteiger charge is 2.49. The van der Waals surface area contributed by atoms with Crippen LogP contribution in [-0.4, -0.2) is 112 Å². The Morgan fingerprint density at radius 3 is 2.69 bits per heavy atom. The third-order valence-corrected chi connectivity index (χ3v) is 12.2. The van der Waals surface area contributed by atoms with E-state index in [2.05, 4.69) is 9.88 Å². The number of nitrogens with zero attached hydrogens (tertiary/aromatic N) is 5. The number of likely N-dealkylation sites (tertiary alicyclic amines) is 1. The molecule has 2 aromatic carbocycles. The van der Waals surface area contributed by atoms with Crippen LogP contribution in [0.2, 0.25) is 0 Å². The Hall–Kier alpha value is -3.75. The van der Waals surface area contributed by atoms with Gasteiger partial charge in [-0.2, -0.15) is 9.97 Å². The van der Waals surface area contributed by atoms with Crippen molar-refractivity contribution < 1.29 is 38.3 Å². The standard InChI is InChI=1S/C41H51F2N5O6/c1-3-29-32(42)8-7-26-16-27(50)17-30(34(26)29)36-35(43)37-31(18-44-36)38(48-20-28(21-49)53-23-40(2,51)22-48)46-39(45-37)54-24-41-11-4-6-33(41)47(13-5-12-41)19-25-9-14-52-15-10-25/h7-8,16-18,25,28,33,49-51H,3-6,9-15,19-24H2,1-2H3/t28-,33-,40+,41-/m1/s1.